The van der Waals surface area contributed by atoms with Gasteiger partial charge >= 0.3 is 6.18 Å². The molecule has 0 unspecified atom stereocenters. The molecule has 0 saturated carbocycles. The maximum Gasteiger partial charge on any atom is 0.434 e. The van der Waals surface area contributed by atoms with E-state index >= 15 is 0 Å². The number of rotatable bonds is 2. The molecule has 6 heteroatoms. The highest BCUT2D eigenvalue weighted by atomic mass is 19.4. The van der Waals surface area contributed by atoms with Crippen LogP contribution in [0.15, 0.2) is 58.7 Å². The van der Waals surface area contributed by atoms with E-state index in [-0.39, 0.29) is 11.4 Å². The first kappa shape index (κ1) is 14.0. The van der Waals surface area contributed by atoms with Gasteiger partial charge in [-0.05, 0) is 5.56 Å². The molecule has 0 atom stereocenters. The van der Waals surface area contributed by atoms with E-state index in [4.69, 9.17) is 5.73 Å². The van der Waals surface area contributed by atoms with Crippen molar-refractivity contribution in [3.05, 3.63) is 59.8 Å². The Bertz CT molecular complexity index is 625. The second-order valence-electron chi connectivity index (χ2n) is 4.08. The van der Waals surface area contributed by atoms with Crippen LogP contribution >= 0.6 is 0 Å². The number of alkyl halides is 3. The fourth-order valence-corrected chi connectivity index (χ4v) is 1.86. The molecule has 1 aromatic rings. The van der Waals surface area contributed by atoms with E-state index in [9.17, 15) is 13.2 Å². The van der Waals surface area contributed by atoms with Crippen LogP contribution in [0.2, 0.25) is 0 Å². The number of nitrogens with two attached hydrogens (primary N) is 1. The van der Waals surface area contributed by atoms with Crippen molar-refractivity contribution in [3.63, 3.8) is 0 Å². The average molecular weight is 279 g/mol. The topological polar surface area (TPSA) is 50.7 Å². The summed E-state index contributed by atoms with van der Waals surface area (Å²) in [6, 6.07) is 7.04. The summed E-state index contributed by atoms with van der Waals surface area (Å²) in [5.41, 5.74) is 5.29. The van der Waals surface area contributed by atoms with Gasteiger partial charge in [-0.3, -0.25) is 4.99 Å². The van der Waals surface area contributed by atoms with Crippen molar-refractivity contribution in [2.75, 3.05) is 0 Å². The Morgan fingerprint density at radius 2 is 2.05 bits per heavy atom. The minimum Gasteiger partial charge on any atom is -0.404 e. The third-order valence-corrected chi connectivity index (χ3v) is 2.82. The second-order valence-corrected chi connectivity index (χ2v) is 4.08. The first-order chi connectivity index (χ1) is 9.47. The molecule has 3 nitrogen and oxygen atoms in total. The van der Waals surface area contributed by atoms with Crippen LogP contribution in [-0.4, -0.2) is 17.7 Å². The van der Waals surface area contributed by atoms with Crippen LogP contribution in [0.3, 0.4) is 0 Å². The molecule has 1 aliphatic heterocycles. The Morgan fingerprint density at radius 3 is 2.65 bits per heavy atom. The smallest absolute Gasteiger partial charge is 0.404 e. The predicted molar refractivity (Wildman–Crippen MR) is 72.6 cm³/mol. The van der Waals surface area contributed by atoms with Gasteiger partial charge in [0.05, 0.1) is 6.54 Å². The lowest BCUT2D eigenvalue weighted by Gasteiger charge is -2.11. The van der Waals surface area contributed by atoms with Gasteiger partial charge in [-0.2, -0.15) is 13.2 Å². The number of fused-ring (bicyclic) bond motifs is 1. The molecule has 20 heavy (non-hydrogen) atoms. The highest BCUT2D eigenvalue weighted by Crippen LogP contribution is 2.25. The minimum absolute atomic E-state index is 0.0640. The minimum atomic E-state index is -4.63. The van der Waals surface area contributed by atoms with E-state index in [1.54, 1.807) is 18.2 Å². The van der Waals surface area contributed by atoms with Crippen molar-refractivity contribution in [2.45, 2.75) is 12.7 Å². The van der Waals surface area contributed by atoms with Gasteiger partial charge in [0.15, 0.2) is 11.5 Å². The van der Waals surface area contributed by atoms with Crippen molar-refractivity contribution >= 4 is 11.5 Å². The zero-order chi connectivity index (χ0) is 14.8. The summed E-state index contributed by atoms with van der Waals surface area (Å²) in [6.45, 7) is 3.65. The van der Waals surface area contributed by atoms with Gasteiger partial charge in [0.2, 0.25) is 0 Å². The van der Waals surface area contributed by atoms with E-state index < -0.39 is 11.9 Å². The van der Waals surface area contributed by atoms with E-state index in [1.807, 2.05) is 6.07 Å². The van der Waals surface area contributed by atoms with Crippen LogP contribution in [0.4, 0.5) is 13.2 Å². The molecule has 1 aliphatic rings. The number of nitrogens with zero attached hydrogens (tertiary/aromatic N) is 2. The summed E-state index contributed by atoms with van der Waals surface area (Å²) < 4.78 is 39.1. The molecule has 1 heterocycles. The number of benzene rings is 1. The van der Waals surface area contributed by atoms with Gasteiger partial charge < -0.3 is 5.73 Å². The molecular formula is C14H12F3N3. The third kappa shape index (κ3) is 2.64. The second kappa shape index (κ2) is 5.32. The maximum absolute atomic E-state index is 13.0. The van der Waals surface area contributed by atoms with Crippen LogP contribution in [0.5, 0.6) is 0 Å². The van der Waals surface area contributed by atoms with Gasteiger partial charge in [-0.25, -0.2) is 4.99 Å². The molecule has 0 amide bonds. The highest BCUT2D eigenvalue weighted by Gasteiger charge is 2.38. The van der Waals surface area contributed by atoms with Crippen molar-refractivity contribution in [2.24, 2.45) is 15.7 Å². The summed E-state index contributed by atoms with van der Waals surface area (Å²) in [7, 11) is 0. The summed E-state index contributed by atoms with van der Waals surface area (Å²) >= 11 is 0. The van der Waals surface area contributed by atoms with Gasteiger partial charge in [0.1, 0.15) is 0 Å². The molecule has 1 aromatic carbocycles. The fraction of sp³-hybridized carbons (Fsp3) is 0.143. The molecule has 0 spiro atoms. The third-order valence-electron chi connectivity index (χ3n) is 2.82. The SMILES string of the molecule is C=CC(=CN)C(=NC1=NCc2ccccc21)C(F)(F)F. The van der Waals surface area contributed by atoms with Crippen molar-refractivity contribution < 1.29 is 13.2 Å². The number of aliphatic imine (C=N–C) groups is 2. The number of allylic oxidation sites excluding steroid dienone is 2. The molecule has 0 bridgehead atoms. The summed E-state index contributed by atoms with van der Waals surface area (Å²) in [4.78, 5) is 7.69. The lowest BCUT2D eigenvalue weighted by Crippen LogP contribution is -2.26. The van der Waals surface area contributed by atoms with Crippen LogP contribution in [-0.2, 0) is 6.54 Å². The summed E-state index contributed by atoms with van der Waals surface area (Å²) in [5.74, 6) is 0.0640. The Morgan fingerprint density at radius 1 is 1.35 bits per heavy atom. The first-order valence-corrected chi connectivity index (χ1v) is 5.80. The van der Waals surface area contributed by atoms with Crippen LogP contribution in [0.1, 0.15) is 11.1 Å². The zero-order valence-corrected chi connectivity index (χ0v) is 10.5. The Balaban J connectivity index is 2.49. The van der Waals surface area contributed by atoms with Crippen LogP contribution in [0.25, 0.3) is 0 Å². The Labute approximate surface area is 114 Å². The normalized spacial score (nSPS) is 15.8. The van der Waals surface area contributed by atoms with Crippen molar-refractivity contribution in [1.82, 2.24) is 0 Å². The first-order valence-electron chi connectivity index (χ1n) is 5.80. The molecule has 0 saturated heterocycles. The van der Waals surface area contributed by atoms with E-state index in [0.717, 1.165) is 17.8 Å². The molecular weight excluding hydrogens is 267 g/mol. The quantitative estimate of drug-likeness (QED) is 0.656. The van der Waals surface area contributed by atoms with Gasteiger partial charge in [-0.1, -0.05) is 36.9 Å². The van der Waals surface area contributed by atoms with Gasteiger partial charge in [-0.15, -0.1) is 0 Å². The molecule has 0 aromatic heterocycles. The Hall–Kier alpha value is -2.37. The molecule has 0 aliphatic carbocycles. The summed E-state index contributed by atoms with van der Waals surface area (Å²) in [6.07, 6.45) is -2.77. The van der Waals surface area contributed by atoms with Crippen molar-refractivity contribution in [1.29, 1.82) is 0 Å². The molecule has 2 rings (SSSR count). The molecule has 0 fully saturated rings. The molecule has 0 radical (unpaired) electrons. The van der Waals surface area contributed by atoms with Gasteiger partial charge in [0, 0.05) is 17.3 Å². The number of hydrogen-bond donors (Lipinski definition) is 1. The van der Waals surface area contributed by atoms with E-state index in [1.165, 1.54) is 0 Å². The lowest BCUT2D eigenvalue weighted by atomic mass is 10.1. The lowest BCUT2D eigenvalue weighted by molar-refractivity contribution is -0.0579. The van der Waals surface area contributed by atoms with Crippen molar-refractivity contribution in [3.8, 4) is 0 Å². The summed E-state index contributed by atoms with van der Waals surface area (Å²) in [5, 5.41) is 0. The molecule has 2 N–H and O–H groups in total. The largest absolute Gasteiger partial charge is 0.434 e. The number of hydrogen-bond acceptors (Lipinski definition) is 3. The Kier molecular flexibility index (Phi) is 3.74. The fourth-order valence-electron chi connectivity index (χ4n) is 1.86. The van der Waals surface area contributed by atoms with Crippen LogP contribution < -0.4 is 5.73 Å². The maximum atomic E-state index is 13.0. The predicted octanol–water partition coefficient (Wildman–Crippen LogP) is 2.98. The average Bonchev–Trinajstić information content (AvgIpc) is 2.81. The van der Waals surface area contributed by atoms with E-state index in [0.29, 0.717) is 12.1 Å². The number of halogens is 3. The highest BCUT2D eigenvalue weighted by molar-refractivity contribution is 6.16. The number of amidine groups is 1. The standard InChI is InChI=1S/C14H12F3N3/c1-2-9(7-18)12(14(15,16)17)20-13-11-6-4-3-5-10(11)8-19-13/h2-7H,1,8,18H2. The van der Waals surface area contributed by atoms with E-state index in [2.05, 4.69) is 16.6 Å². The zero-order valence-electron chi connectivity index (χ0n) is 10.5. The monoisotopic (exact) mass is 279 g/mol. The van der Waals surface area contributed by atoms with Crippen LogP contribution in [0, 0.1) is 0 Å². The van der Waals surface area contributed by atoms with Gasteiger partial charge in [0.25, 0.3) is 0 Å². The molecule has 104 valence electrons.